The number of hydrogen-bond acceptors (Lipinski definition) is 1. The van der Waals surface area contributed by atoms with E-state index >= 15 is 0 Å². The number of unbranched alkanes of at least 4 members (excludes halogenated alkanes) is 3. The Bertz CT molecular complexity index is 838. The lowest BCUT2D eigenvalue weighted by Gasteiger charge is -2.07. The summed E-state index contributed by atoms with van der Waals surface area (Å²) in [5, 5.41) is 2.91. The van der Waals surface area contributed by atoms with Crippen molar-refractivity contribution in [2.75, 3.05) is 0 Å². The van der Waals surface area contributed by atoms with E-state index in [9.17, 15) is 0 Å². The van der Waals surface area contributed by atoms with Crippen molar-refractivity contribution in [3.8, 4) is 0 Å². The first-order chi connectivity index (χ1) is 11.7. The van der Waals surface area contributed by atoms with Crippen LogP contribution >= 0.6 is 11.3 Å². The van der Waals surface area contributed by atoms with Gasteiger partial charge in [0.1, 0.15) is 0 Å². The van der Waals surface area contributed by atoms with Crippen LogP contribution in [0.5, 0.6) is 0 Å². The molecule has 0 fully saturated rings. The summed E-state index contributed by atoms with van der Waals surface area (Å²) in [6, 6.07) is 9.47. The minimum atomic E-state index is 1.22. The molecule has 3 aromatic rings. The van der Waals surface area contributed by atoms with Crippen molar-refractivity contribution in [3.63, 3.8) is 0 Å². The highest BCUT2D eigenvalue weighted by Crippen LogP contribution is 2.39. The molecular weight excluding hydrogens is 308 g/mol. The highest BCUT2D eigenvalue weighted by atomic mass is 32.1. The molecule has 0 aliphatic rings. The van der Waals surface area contributed by atoms with E-state index in [1.807, 2.05) is 11.3 Å². The van der Waals surface area contributed by atoms with Crippen molar-refractivity contribution in [2.45, 2.75) is 72.6 Å². The summed E-state index contributed by atoms with van der Waals surface area (Å²) in [7, 11) is 0. The Morgan fingerprint density at radius 3 is 1.67 bits per heavy atom. The average Bonchev–Trinajstić information content (AvgIpc) is 2.97. The van der Waals surface area contributed by atoms with Crippen LogP contribution in [0.25, 0.3) is 20.2 Å². The van der Waals surface area contributed by atoms with E-state index in [0.717, 1.165) is 0 Å². The predicted octanol–water partition coefficient (Wildman–Crippen LogP) is 7.75. The minimum absolute atomic E-state index is 1.22. The zero-order valence-electron chi connectivity index (χ0n) is 15.7. The van der Waals surface area contributed by atoms with Gasteiger partial charge in [0.25, 0.3) is 0 Å². The fraction of sp³-hybridized carbons (Fsp3) is 0.478. The maximum atomic E-state index is 2.37. The summed E-state index contributed by atoms with van der Waals surface area (Å²) in [4.78, 5) is 0. The molecule has 0 aliphatic carbocycles. The van der Waals surface area contributed by atoms with E-state index < -0.39 is 0 Å². The maximum absolute atomic E-state index is 2.37. The summed E-state index contributed by atoms with van der Waals surface area (Å²) < 4.78 is 3.02. The van der Waals surface area contributed by atoms with E-state index in [1.54, 1.807) is 5.56 Å². The molecule has 0 atom stereocenters. The van der Waals surface area contributed by atoms with Gasteiger partial charge in [0.2, 0.25) is 0 Å². The van der Waals surface area contributed by atoms with Crippen molar-refractivity contribution in [1.82, 2.24) is 0 Å². The summed E-state index contributed by atoms with van der Waals surface area (Å²) in [6.45, 7) is 9.20. The highest BCUT2D eigenvalue weighted by Gasteiger charge is 2.13. The third kappa shape index (κ3) is 3.24. The molecule has 0 unspecified atom stereocenters. The Hall–Kier alpha value is -1.34. The van der Waals surface area contributed by atoms with Crippen LogP contribution in [0.3, 0.4) is 0 Å². The molecule has 0 bridgehead atoms. The number of benzene rings is 2. The first-order valence-electron chi connectivity index (χ1n) is 9.60. The van der Waals surface area contributed by atoms with Crippen LogP contribution in [0, 0.1) is 13.8 Å². The molecule has 0 saturated heterocycles. The van der Waals surface area contributed by atoms with Crippen molar-refractivity contribution < 1.29 is 0 Å². The van der Waals surface area contributed by atoms with Crippen LogP contribution in [-0.4, -0.2) is 0 Å². The van der Waals surface area contributed by atoms with Crippen LogP contribution in [-0.2, 0) is 12.8 Å². The van der Waals surface area contributed by atoms with Gasteiger partial charge < -0.3 is 0 Å². The van der Waals surface area contributed by atoms with Crippen LogP contribution in [0.15, 0.2) is 24.3 Å². The van der Waals surface area contributed by atoms with Gasteiger partial charge in [-0.2, -0.15) is 0 Å². The molecule has 128 valence electrons. The SMILES string of the molecule is CCCCCc1ccc2c(sc3c(C)c(CCCC)ccc32)c1C. The number of thiophene rings is 1. The molecule has 1 aromatic heterocycles. The fourth-order valence-electron chi connectivity index (χ4n) is 3.73. The summed E-state index contributed by atoms with van der Waals surface area (Å²) in [5.41, 5.74) is 6.11. The second-order valence-corrected chi connectivity index (χ2v) is 8.14. The van der Waals surface area contributed by atoms with Gasteiger partial charge in [-0.15, -0.1) is 11.3 Å². The second-order valence-electron chi connectivity index (χ2n) is 7.12. The normalized spacial score (nSPS) is 11.7. The standard InChI is InChI=1S/C23H30S/c1-5-7-9-11-19-13-15-21-20-14-12-18(10-8-6-2)16(3)22(20)24-23(21)17(19)4/h12-15H,5-11H2,1-4H3. The Balaban J connectivity index is 2.06. The zero-order valence-corrected chi connectivity index (χ0v) is 16.5. The van der Waals surface area contributed by atoms with Crippen LogP contribution in [0.4, 0.5) is 0 Å². The quantitative estimate of drug-likeness (QED) is 0.386. The number of hydrogen-bond donors (Lipinski definition) is 0. The van der Waals surface area contributed by atoms with Crippen LogP contribution in [0.1, 0.15) is 68.2 Å². The molecule has 2 aromatic carbocycles. The van der Waals surface area contributed by atoms with Crippen LogP contribution < -0.4 is 0 Å². The molecule has 1 heterocycles. The lowest BCUT2D eigenvalue weighted by atomic mass is 9.97. The second kappa shape index (κ2) is 7.70. The molecule has 24 heavy (non-hydrogen) atoms. The number of rotatable bonds is 7. The predicted molar refractivity (Wildman–Crippen MR) is 111 cm³/mol. The first-order valence-corrected chi connectivity index (χ1v) is 10.4. The lowest BCUT2D eigenvalue weighted by molar-refractivity contribution is 0.716. The molecule has 0 aliphatic heterocycles. The monoisotopic (exact) mass is 338 g/mol. The number of fused-ring (bicyclic) bond motifs is 3. The molecular formula is C23H30S. The molecule has 0 amide bonds. The molecule has 0 spiro atoms. The minimum Gasteiger partial charge on any atom is -0.135 e. The van der Waals surface area contributed by atoms with Gasteiger partial charge in [0, 0.05) is 20.2 Å². The van der Waals surface area contributed by atoms with Crippen LogP contribution in [0.2, 0.25) is 0 Å². The van der Waals surface area contributed by atoms with Crippen molar-refractivity contribution in [2.24, 2.45) is 0 Å². The molecule has 3 rings (SSSR count). The van der Waals surface area contributed by atoms with Gasteiger partial charge >= 0.3 is 0 Å². The summed E-state index contributed by atoms with van der Waals surface area (Å²) >= 11 is 2.02. The van der Waals surface area contributed by atoms with Crippen molar-refractivity contribution in [3.05, 3.63) is 46.5 Å². The first kappa shape index (κ1) is 17.5. The smallest absolute Gasteiger partial charge is 0.0387 e. The van der Waals surface area contributed by atoms with Crippen molar-refractivity contribution >= 4 is 31.5 Å². The summed E-state index contributed by atoms with van der Waals surface area (Å²) in [5.74, 6) is 0. The van der Waals surface area contributed by atoms with E-state index in [2.05, 4.69) is 52.0 Å². The van der Waals surface area contributed by atoms with E-state index in [4.69, 9.17) is 0 Å². The van der Waals surface area contributed by atoms with E-state index in [0.29, 0.717) is 0 Å². The lowest BCUT2D eigenvalue weighted by Crippen LogP contribution is -1.90. The fourth-order valence-corrected chi connectivity index (χ4v) is 5.08. The molecule has 0 N–H and O–H groups in total. The van der Waals surface area contributed by atoms with Gasteiger partial charge in [-0.25, -0.2) is 0 Å². The number of aryl methyl sites for hydroxylation is 4. The molecule has 0 nitrogen and oxygen atoms in total. The van der Waals surface area contributed by atoms with Gasteiger partial charge in [0.15, 0.2) is 0 Å². The topological polar surface area (TPSA) is 0 Å². The third-order valence-electron chi connectivity index (χ3n) is 5.38. The van der Waals surface area contributed by atoms with Gasteiger partial charge in [0.05, 0.1) is 0 Å². The van der Waals surface area contributed by atoms with E-state index in [1.165, 1.54) is 81.8 Å². The Morgan fingerprint density at radius 2 is 1.17 bits per heavy atom. The highest BCUT2D eigenvalue weighted by molar-refractivity contribution is 7.26. The van der Waals surface area contributed by atoms with Gasteiger partial charge in [-0.05, 0) is 61.8 Å². The van der Waals surface area contributed by atoms with Gasteiger partial charge in [-0.1, -0.05) is 57.4 Å². The maximum Gasteiger partial charge on any atom is 0.0387 e. The van der Waals surface area contributed by atoms with Gasteiger partial charge in [-0.3, -0.25) is 0 Å². The largest absolute Gasteiger partial charge is 0.135 e. The molecule has 0 radical (unpaired) electrons. The summed E-state index contributed by atoms with van der Waals surface area (Å²) in [6.07, 6.45) is 8.95. The Kier molecular flexibility index (Phi) is 5.61. The van der Waals surface area contributed by atoms with E-state index in [-0.39, 0.29) is 0 Å². The zero-order chi connectivity index (χ0) is 17.1. The Morgan fingerprint density at radius 1 is 0.667 bits per heavy atom. The third-order valence-corrected chi connectivity index (χ3v) is 6.84. The average molecular weight is 339 g/mol. The van der Waals surface area contributed by atoms with Crippen molar-refractivity contribution in [1.29, 1.82) is 0 Å². The molecule has 0 saturated carbocycles. The Labute approximate surface area is 150 Å². The molecule has 1 heteroatoms.